The van der Waals surface area contributed by atoms with Crippen molar-refractivity contribution in [2.24, 2.45) is 0 Å². The van der Waals surface area contributed by atoms with Crippen molar-refractivity contribution in [2.75, 3.05) is 32.6 Å². The summed E-state index contributed by atoms with van der Waals surface area (Å²) in [7, 11) is -2.00. The van der Waals surface area contributed by atoms with E-state index < -0.39 is 38.8 Å². The van der Waals surface area contributed by atoms with Crippen LogP contribution in [-0.2, 0) is 27.7 Å². The lowest BCUT2D eigenvalue weighted by Gasteiger charge is -2.18. The first-order valence-corrected chi connectivity index (χ1v) is 14.5. The number of amides is 1. The number of fused-ring (bicyclic) bond motifs is 1. The fourth-order valence-corrected chi connectivity index (χ4v) is 6.36. The summed E-state index contributed by atoms with van der Waals surface area (Å²) in [5, 5.41) is 13.6. The van der Waals surface area contributed by atoms with Crippen molar-refractivity contribution >= 4 is 27.0 Å². The van der Waals surface area contributed by atoms with Gasteiger partial charge in [-0.1, -0.05) is 12.1 Å². The van der Waals surface area contributed by atoms with Crippen molar-refractivity contribution in [2.45, 2.75) is 45.2 Å². The molecular weight excluding hydrogens is 527 g/mol. The molecule has 0 aliphatic carbocycles. The number of aromatic nitrogens is 2. The number of nitrogens with one attached hydrogen (secondary N) is 1. The topological polar surface area (TPSA) is 131 Å². The van der Waals surface area contributed by atoms with E-state index >= 15 is 0 Å². The number of benzene rings is 1. The van der Waals surface area contributed by atoms with Crippen molar-refractivity contribution in [3.63, 3.8) is 0 Å². The highest BCUT2D eigenvalue weighted by molar-refractivity contribution is 7.89. The molecule has 0 spiro atoms. The Morgan fingerprint density at radius 3 is 2.56 bits per heavy atom. The Morgan fingerprint density at radius 1 is 1.21 bits per heavy atom. The van der Waals surface area contributed by atoms with Crippen LogP contribution in [0.15, 0.2) is 41.3 Å². The highest BCUT2D eigenvalue weighted by Crippen LogP contribution is 2.26. The summed E-state index contributed by atoms with van der Waals surface area (Å²) < 4.78 is 46.6. The van der Waals surface area contributed by atoms with Gasteiger partial charge in [-0.2, -0.15) is 0 Å². The third-order valence-electron chi connectivity index (χ3n) is 6.72. The maximum atomic E-state index is 13.6. The lowest BCUT2D eigenvalue weighted by atomic mass is 10.0. The molecule has 1 atom stereocenters. The number of rotatable bonds is 11. The number of nitrogens with zero attached hydrogens (tertiary/aromatic N) is 3. The summed E-state index contributed by atoms with van der Waals surface area (Å²) in [6, 6.07) is 7.23. The first kappa shape index (κ1) is 28.7. The van der Waals surface area contributed by atoms with Gasteiger partial charge in [0.2, 0.25) is 10.0 Å². The van der Waals surface area contributed by atoms with Crippen LogP contribution in [0.3, 0.4) is 0 Å². The molecular formula is C27H33FN4O6S. The first-order chi connectivity index (χ1) is 18.6. The maximum Gasteiger partial charge on any atom is 0.267 e. The molecule has 1 aliphatic heterocycles. The van der Waals surface area contributed by atoms with Crippen molar-refractivity contribution < 1.29 is 27.4 Å². The normalized spacial score (nSPS) is 15.1. The fraction of sp³-hybridized carbons (Fsp3) is 0.444. The van der Waals surface area contributed by atoms with Gasteiger partial charge < -0.3 is 19.7 Å². The minimum atomic E-state index is -3.48. The number of halogens is 1. The van der Waals surface area contributed by atoms with Gasteiger partial charge in [0.15, 0.2) is 5.75 Å². The van der Waals surface area contributed by atoms with E-state index in [1.807, 2.05) is 0 Å². The average Bonchev–Trinajstić information content (AvgIpc) is 3.44. The number of carbonyl (C=O) groups excluding carboxylic acids is 1. The van der Waals surface area contributed by atoms with E-state index in [-0.39, 0.29) is 42.2 Å². The summed E-state index contributed by atoms with van der Waals surface area (Å²) in [6.45, 7) is 2.88. The number of hydrogen-bond donors (Lipinski definition) is 2. The fourth-order valence-electron chi connectivity index (χ4n) is 4.80. The summed E-state index contributed by atoms with van der Waals surface area (Å²) in [4.78, 5) is 31.0. The van der Waals surface area contributed by atoms with Gasteiger partial charge in [0.1, 0.15) is 16.9 Å². The summed E-state index contributed by atoms with van der Waals surface area (Å²) >= 11 is 0. The number of sulfonamides is 1. The van der Waals surface area contributed by atoms with Crippen molar-refractivity contribution in [1.29, 1.82) is 0 Å². The molecule has 10 nitrogen and oxygen atoms in total. The molecule has 1 saturated heterocycles. The van der Waals surface area contributed by atoms with Gasteiger partial charge in [-0.05, 0) is 61.9 Å². The van der Waals surface area contributed by atoms with Crippen molar-refractivity contribution in [3.8, 4) is 5.75 Å². The zero-order valence-electron chi connectivity index (χ0n) is 22.0. The van der Waals surface area contributed by atoms with Crippen LogP contribution in [0.2, 0.25) is 0 Å². The number of methoxy groups -OCH3 is 1. The molecule has 3 heterocycles. The average molecular weight is 561 g/mol. The smallest absolute Gasteiger partial charge is 0.267 e. The lowest BCUT2D eigenvalue weighted by molar-refractivity contribution is 0.0901. The predicted octanol–water partition coefficient (Wildman–Crippen LogP) is 2.41. The molecule has 210 valence electrons. The molecule has 1 fully saturated rings. The number of ether oxygens (including phenoxy) is 1. The Kier molecular flexibility index (Phi) is 8.98. The van der Waals surface area contributed by atoms with E-state index in [9.17, 15) is 27.5 Å². The zero-order valence-corrected chi connectivity index (χ0v) is 22.8. The van der Waals surface area contributed by atoms with Gasteiger partial charge >= 0.3 is 0 Å². The summed E-state index contributed by atoms with van der Waals surface area (Å²) in [5.74, 6) is -1.84. The SMILES string of the molecule is COCC(C)NC(=O)c1c(O)c2ncc(Cc3ccc(F)cc3)cc2n(CCCS(=O)(=O)N2CCCC2)c1=O. The molecule has 1 unspecified atom stereocenters. The molecule has 39 heavy (non-hydrogen) atoms. The third-order valence-corrected chi connectivity index (χ3v) is 8.68. The van der Waals surface area contributed by atoms with Crippen LogP contribution in [0, 0.1) is 5.82 Å². The van der Waals surface area contributed by atoms with E-state index in [2.05, 4.69) is 10.3 Å². The Bertz CT molecular complexity index is 1500. The number of pyridine rings is 2. The monoisotopic (exact) mass is 560 g/mol. The van der Waals surface area contributed by atoms with Gasteiger partial charge in [-0.3, -0.25) is 14.6 Å². The van der Waals surface area contributed by atoms with Crippen LogP contribution in [0.5, 0.6) is 5.75 Å². The summed E-state index contributed by atoms with van der Waals surface area (Å²) in [5.41, 5.74) is 0.613. The molecule has 0 saturated carbocycles. The molecule has 12 heteroatoms. The van der Waals surface area contributed by atoms with Gasteiger partial charge in [0.05, 0.1) is 17.9 Å². The largest absolute Gasteiger partial charge is 0.505 e. The second-order valence-corrected chi connectivity index (χ2v) is 11.9. The molecule has 0 bridgehead atoms. The number of aromatic hydroxyl groups is 1. The molecule has 0 radical (unpaired) electrons. The third kappa shape index (κ3) is 6.63. The highest BCUT2D eigenvalue weighted by atomic mass is 32.2. The lowest BCUT2D eigenvalue weighted by Crippen LogP contribution is -2.40. The Morgan fingerprint density at radius 2 is 1.90 bits per heavy atom. The van der Waals surface area contributed by atoms with E-state index in [1.165, 1.54) is 34.3 Å². The van der Waals surface area contributed by atoms with E-state index in [0.29, 0.717) is 25.1 Å². The minimum Gasteiger partial charge on any atom is -0.505 e. The van der Waals surface area contributed by atoms with E-state index in [1.54, 1.807) is 25.1 Å². The highest BCUT2D eigenvalue weighted by Gasteiger charge is 2.27. The van der Waals surface area contributed by atoms with Crippen LogP contribution < -0.4 is 10.9 Å². The molecule has 3 aromatic rings. The second-order valence-electron chi connectivity index (χ2n) is 9.80. The van der Waals surface area contributed by atoms with Crippen molar-refractivity contribution in [1.82, 2.24) is 19.2 Å². The quantitative estimate of drug-likeness (QED) is 0.368. The van der Waals surface area contributed by atoms with Crippen LogP contribution >= 0.6 is 0 Å². The van der Waals surface area contributed by atoms with Gasteiger partial charge in [0, 0.05) is 39.0 Å². The number of carbonyl (C=O) groups is 1. The first-order valence-electron chi connectivity index (χ1n) is 12.9. The van der Waals surface area contributed by atoms with Crippen LogP contribution in [0.25, 0.3) is 11.0 Å². The summed E-state index contributed by atoms with van der Waals surface area (Å²) in [6.07, 6.45) is 3.68. The minimum absolute atomic E-state index is 0.00172. The zero-order chi connectivity index (χ0) is 28.2. The van der Waals surface area contributed by atoms with Gasteiger partial charge in [-0.25, -0.2) is 17.1 Å². The van der Waals surface area contributed by atoms with Crippen molar-refractivity contribution in [3.05, 3.63) is 69.4 Å². The molecule has 1 aliphatic rings. The molecule has 2 N–H and O–H groups in total. The van der Waals surface area contributed by atoms with Crippen LogP contribution in [0.4, 0.5) is 4.39 Å². The maximum absolute atomic E-state index is 13.6. The van der Waals surface area contributed by atoms with Gasteiger partial charge in [0.25, 0.3) is 11.5 Å². The van der Waals surface area contributed by atoms with E-state index in [4.69, 9.17) is 4.74 Å². The predicted molar refractivity (Wildman–Crippen MR) is 145 cm³/mol. The molecule has 4 rings (SSSR count). The second kappa shape index (κ2) is 12.2. The van der Waals surface area contributed by atoms with Gasteiger partial charge in [-0.15, -0.1) is 0 Å². The number of aryl methyl sites for hydroxylation is 1. The Hall–Kier alpha value is -3.35. The molecule has 1 aromatic carbocycles. The standard InChI is InChI=1S/C27H33FN4O6S/c1-18(17-38-2)30-26(34)23-25(33)24-22(15-20(16-29-24)14-19-6-8-21(28)9-7-19)32(27(23)35)12-5-13-39(36,37)31-10-3-4-11-31/h6-9,15-16,18,33H,3-5,10-14,17H2,1-2H3,(H,30,34). The Labute approximate surface area is 226 Å². The molecule has 1 amide bonds. The Balaban J connectivity index is 1.72. The number of hydrogen-bond acceptors (Lipinski definition) is 7. The van der Waals surface area contributed by atoms with Crippen LogP contribution in [0.1, 0.15) is 47.7 Å². The van der Waals surface area contributed by atoms with E-state index in [0.717, 1.165) is 18.4 Å². The van der Waals surface area contributed by atoms with Crippen LogP contribution in [-0.4, -0.2) is 71.9 Å². The molecule has 2 aromatic heterocycles.